The van der Waals surface area contributed by atoms with Crippen LogP contribution in [0.3, 0.4) is 0 Å². The van der Waals surface area contributed by atoms with Gasteiger partial charge in [0, 0.05) is 0 Å². The zero-order valence-electron chi connectivity index (χ0n) is 13.4. The molecule has 2 amide bonds. The molecule has 2 aromatic rings. The van der Waals surface area contributed by atoms with Crippen LogP contribution in [0.25, 0.3) is 0 Å². The quantitative estimate of drug-likeness (QED) is 0.584. The molecule has 0 atom stereocenters. The Morgan fingerprint density at radius 3 is 2.15 bits per heavy atom. The van der Waals surface area contributed by atoms with E-state index in [4.69, 9.17) is 4.74 Å². The van der Waals surface area contributed by atoms with Gasteiger partial charge in [-0.1, -0.05) is 24.3 Å². The number of fused-ring (bicyclic) bond motifs is 1. The Morgan fingerprint density at radius 1 is 0.962 bits per heavy atom. The fourth-order valence-corrected chi connectivity index (χ4v) is 2.58. The number of carbonyl (C=O) groups excluding carboxylic acids is 3. The Morgan fingerprint density at radius 2 is 1.54 bits per heavy atom. The fraction of sp³-hybridized carbons (Fsp3) is 0.167. The minimum Gasteiger partial charge on any atom is -0.460 e. The number of halogens is 2. The number of ether oxygens (including phenoxy) is 2. The molecule has 1 aliphatic heterocycles. The van der Waals surface area contributed by atoms with E-state index in [2.05, 4.69) is 4.74 Å². The van der Waals surface area contributed by atoms with Crippen LogP contribution in [0.15, 0.2) is 48.5 Å². The van der Waals surface area contributed by atoms with Crippen LogP contribution >= 0.6 is 0 Å². The van der Waals surface area contributed by atoms with Crippen LogP contribution < -0.4 is 4.74 Å². The summed E-state index contributed by atoms with van der Waals surface area (Å²) in [5.41, 5.74) is 0.411. The van der Waals surface area contributed by atoms with Crippen molar-refractivity contribution in [1.29, 1.82) is 0 Å². The van der Waals surface area contributed by atoms with Gasteiger partial charge in [0.2, 0.25) is 0 Å². The average Bonchev–Trinajstić information content (AvgIpc) is 2.87. The molecule has 1 heterocycles. The van der Waals surface area contributed by atoms with Gasteiger partial charge in [-0.25, -0.2) is 4.79 Å². The number of rotatable bonds is 6. The highest BCUT2D eigenvalue weighted by molar-refractivity contribution is 6.21. The van der Waals surface area contributed by atoms with Crippen molar-refractivity contribution in [2.75, 3.05) is 13.2 Å². The Kier molecular flexibility index (Phi) is 4.92. The Bertz CT molecular complexity index is 833. The molecule has 0 aromatic heterocycles. The summed E-state index contributed by atoms with van der Waals surface area (Å²) in [6.45, 7) is -3.49. The number of nitrogens with zero attached hydrogens (tertiary/aromatic N) is 1. The molecule has 2 aromatic carbocycles. The van der Waals surface area contributed by atoms with Crippen molar-refractivity contribution in [2.24, 2.45) is 0 Å². The SMILES string of the molecule is O=C(OCCN1C(=O)c2ccccc2C1=O)c1ccccc1OC(F)F. The number of amides is 2. The van der Waals surface area contributed by atoms with Gasteiger partial charge in [0.1, 0.15) is 17.9 Å². The molecule has 6 nitrogen and oxygen atoms in total. The van der Waals surface area contributed by atoms with Gasteiger partial charge in [0.25, 0.3) is 11.8 Å². The molecule has 1 aliphatic rings. The lowest BCUT2D eigenvalue weighted by Gasteiger charge is -2.14. The van der Waals surface area contributed by atoms with E-state index in [1.54, 1.807) is 24.3 Å². The van der Waals surface area contributed by atoms with Crippen LogP contribution in [0.5, 0.6) is 5.75 Å². The predicted molar refractivity (Wildman–Crippen MR) is 85.2 cm³/mol. The minimum atomic E-state index is -3.08. The molecule has 0 spiro atoms. The van der Waals surface area contributed by atoms with E-state index in [0.717, 1.165) is 4.90 Å². The van der Waals surface area contributed by atoms with Gasteiger partial charge in [-0.15, -0.1) is 0 Å². The molecule has 26 heavy (non-hydrogen) atoms. The molecule has 0 saturated heterocycles. The first-order chi connectivity index (χ1) is 12.5. The third-order valence-corrected chi connectivity index (χ3v) is 3.75. The van der Waals surface area contributed by atoms with Crippen molar-refractivity contribution in [3.63, 3.8) is 0 Å². The summed E-state index contributed by atoms with van der Waals surface area (Å²) in [5, 5.41) is 0. The zero-order valence-corrected chi connectivity index (χ0v) is 13.4. The van der Waals surface area contributed by atoms with Gasteiger partial charge in [-0.2, -0.15) is 8.78 Å². The van der Waals surface area contributed by atoms with E-state index in [1.807, 2.05) is 0 Å². The van der Waals surface area contributed by atoms with Gasteiger partial charge >= 0.3 is 12.6 Å². The van der Waals surface area contributed by atoms with Crippen LogP contribution in [0.1, 0.15) is 31.1 Å². The first kappa shape index (κ1) is 17.5. The lowest BCUT2D eigenvalue weighted by atomic mass is 10.1. The van der Waals surface area contributed by atoms with E-state index in [0.29, 0.717) is 11.1 Å². The molecule has 0 N–H and O–H groups in total. The Labute approximate surface area is 146 Å². The average molecular weight is 361 g/mol. The normalized spacial score (nSPS) is 13.1. The number of para-hydroxylation sites is 1. The highest BCUT2D eigenvalue weighted by Crippen LogP contribution is 2.23. The van der Waals surface area contributed by atoms with E-state index in [-0.39, 0.29) is 24.5 Å². The standard InChI is InChI=1S/C18H13F2NO5/c19-18(20)26-14-8-4-3-7-13(14)17(24)25-10-9-21-15(22)11-5-1-2-6-12(11)16(21)23/h1-8,18H,9-10H2. The molecular weight excluding hydrogens is 348 g/mol. The van der Waals surface area contributed by atoms with Crippen molar-refractivity contribution in [3.8, 4) is 5.75 Å². The van der Waals surface area contributed by atoms with Gasteiger partial charge in [-0.3, -0.25) is 14.5 Å². The van der Waals surface area contributed by atoms with Crippen LogP contribution in [-0.4, -0.2) is 42.4 Å². The van der Waals surface area contributed by atoms with E-state index >= 15 is 0 Å². The monoisotopic (exact) mass is 361 g/mol. The molecule has 0 aliphatic carbocycles. The number of esters is 1. The summed E-state index contributed by atoms with van der Waals surface area (Å²) in [4.78, 5) is 37.4. The zero-order chi connectivity index (χ0) is 18.7. The Hall–Kier alpha value is -3.29. The number of benzene rings is 2. The molecular formula is C18H13F2NO5. The summed E-state index contributed by atoms with van der Waals surface area (Å²) in [6, 6.07) is 11.8. The number of carbonyl (C=O) groups is 3. The van der Waals surface area contributed by atoms with E-state index in [1.165, 1.54) is 24.3 Å². The molecule has 134 valence electrons. The second-order valence-electron chi connectivity index (χ2n) is 5.32. The number of alkyl halides is 2. The number of hydrogen-bond acceptors (Lipinski definition) is 5. The first-order valence-corrected chi connectivity index (χ1v) is 7.65. The molecule has 0 radical (unpaired) electrons. The smallest absolute Gasteiger partial charge is 0.387 e. The highest BCUT2D eigenvalue weighted by atomic mass is 19.3. The third-order valence-electron chi connectivity index (χ3n) is 3.75. The molecule has 0 saturated carbocycles. The number of hydrogen-bond donors (Lipinski definition) is 0. The minimum absolute atomic E-state index is 0.143. The highest BCUT2D eigenvalue weighted by Gasteiger charge is 2.34. The van der Waals surface area contributed by atoms with Crippen molar-refractivity contribution in [3.05, 3.63) is 65.2 Å². The lowest BCUT2D eigenvalue weighted by molar-refractivity contribution is -0.0505. The van der Waals surface area contributed by atoms with Crippen molar-refractivity contribution >= 4 is 17.8 Å². The fourth-order valence-electron chi connectivity index (χ4n) is 2.58. The van der Waals surface area contributed by atoms with Gasteiger partial charge in [0.15, 0.2) is 0 Å². The largest absolute Gasteiger partial charge is 0.460 e. The topological polar surface area (TPSA) is 72.9 Å². The Balaban J connectivity index is 1.62. The molecule has 8 heteroatoms. The van der Waals surface area contributed by atoms with Crippen LogP contribution in [0.2, 0.25) is 0 Å². The third kappa shape index (κ3) is 3.39. The summed E-state index contributed by atoms with van der Waals surface area (Å²) < 4.78 is 34.0. The van der Waals surface area contributed by atoms with Crippen LogP contribution in [0.4, 0.5) is 8.78 Å². The van der Waals surface area contributed by atoms with Gasteiger partial charge in [0.05, 0.1) is 17.7 Å². The molecule has 3 rings (SSSR count). The maximum atomic E-state index is 12.4. The van der Waals surface area contributed by atoms with E-state index < -0.39 is 24.4 Å². The maximum Gasteiger partial charge on any atom is 0.387 e. The van der Waals surface area contributed by atoms with Gasteiger partial charge in [-0.05, 0) is 24.3 Å². The maximum absolute atomic E-state index is 12.4. The van der Waals surface area contributed by atoms with Crippen molar-refractivity contribution in [2.45, 2.75) is 6.61 Å². The van der Waals surface area contributed by atoms with Crippen LogP contribution in [0, 0.1) is 0 Å². The van der Waals surface area contributed by atoms with E-state index in [9.17, 15) is 23.2 Å². The number of imide groups is 1. The van der Waals surface area contributed by atoms with Crippen LogP contribution in [-0.2, 0) is 4.74 Å². The molecule has 0 unspecified atom stereocenters. The second-order valence-corrected chi connectivity index (χ2v) is 5.32. The summed E-state index contributed by atoms with van der Waals surface area (Å²) >= 11 is 0. The summed E-state index contributed by atoms with van der Waals surface area (Å²) in [6.07, 6.45) is 0. The molecule has 0 bridgehead atoms. The second kappa shape index (κ2) is 7.30. The van der Waals surface area contributed by atoms with Crippen molar-refractivity contribution < 1.29 is 32.6 Å². The van der Waals surface area contributed by atoms with Gasteiger partial charge < -0.3 is 9.47 Å². The molecule has 0 fully saturated rings. The lowest BCUT2D eigenvalue weighted by Crippen LogP contribution is -2.33. The van der Waals surface area contributed by atoms with Crippen molar-refractivity contribution in [1.82, 2.24) is 4.90 Å². The predicted octanol–water partition coefficient (Wildman–Crippen LogP) is 2.74. The summed E-state index contributed by atoms with van der Waals surface area (Å²) in [5.74, 6) is -2.14. The first-order valence-electron chi connectivity index (χ1n) is 7.65. The summed E-state index contributed by atoms with van der Waals surface area (Å²) in [7, 11) is 0.